The first-order chi connectivity index (χ1) is 9.56. The summed E-state index contributed by atoms with van der Waals surface area (Å²) < 4.78 is 2.08. The van der Waals surface area contributed by atoms with Crippen LogP contribution in [0.2, 0.25) is 0 Å². The van der Waals surface area contributed by atoms with Crippen molar-refractivity contribution < 1.29 is 0 Å². The lowest BCUT2D eigenvalue weighted by molar-refractivity contribution is 0.872. The van der Waals surface area contributed by atoms with Crippen LogP contribution >= 0.6 is 0 Å². The summed E-state index contributed by atoms with van der Waals surface area (Å²) in [6.07, 6.45) is 0. The van der Waals surface area contributed by atoms with Gasteiger partial charge in [-0.1, -0.05) is 18.2 Å². The van der Waals surface area contributed by atoms with Crippen LogP contribution in [0.3, 0.4) is 0 Å². The summed E-state index contributed by atoms with van der Waals surface area (Å²) in [5.41, 5.74) is 17.0. The van der Waals surface area contributed by atoms with E-state index >= 15 is 0 Å². The fourth-order valence-electron chi connectivity index (χ4n) is 2.43. The molecule has 1 unspecified atom stereocenters. The zero-order chi connectivity index (χ0) is 14.3. The summed E-state index contributed by atoms with van der Waals surface area (Å²) in [5, 5.41) is 0. The topological polar surface area (TPSA) is 69.9 Å². The Bertz CT molecular complexity index is 756. The Morgan fingerprint density at radius 1 is 1.05 bits per heavy atom. The molecule has 102 valence electrons. The predicted molar refractivity (Wildman–Crippen MR) is 82.3 cm³/mol. The molecule has 3 aromatic rings. The molecule has 0 aliphatic heterocycles. The maximum atomic E-state index is 6.33. The lowest BCUT2D eigenvalue weighted by atomic mass is 9.99. The highest BCUT2D eigenvalue weighted by atomic mass is 15.0. The first-order valence-corrected chi connectivity index (χ1v) is 6.60. The number of fused-ring (bicyclic) bond motifs is 1. The molecule has 4 N–H and O–H groups in total. The van der Waals surface area contributed by atoms with Crippen LogP contribution < -0.4 is 11.5 Å². The van der Waals surface area contributed by atoms with Gasteiger partial charge in [-0.3, -0.25) is 0 Å². The molecular weight excluding hydrogens is 248 g/mol. The molecule has 1 aromatic heterocycles. The first-order valence-electron chi connectivity index (χ1n) is 6.60. The van der Waals surface area contributed by atoms with E-state index in [0.29, 0.717) is 0 Å². The van der Waals surface area contributed by atoms with Crippen molar-refractivity contribution in [2.24, 2.45) is 12.8 Å². The standard InChI is InChI=1S/C16H18N4/c1-10-19-14-9-12(5-8-15(14)20(10)2)16(18)11-3-6-13(17)7-4-11/h3-9,16H,17-18H2,1-2H3. The first kappa shape index (κ1) is 12.7. The smallest absolute Gasteiger partial charge is 0.106 e. The molecule has 20 heavy (non-hydrogen) atoms. The number of nitrogens with zero attached hydrogens (tertiary/aromatic N) is 2. The summed E-state index contributed by atoms with van der Waals surface area (Å²) in [6.45, 7) is 2.00. The minimum absolute atomic E-state index is 0.165. The van der Waals surface area contributed by atoms with Crippen LogP contribution in [0.25, 0.3) is 11.0 Å². The molecule has 3 rings (SSSR count). The number of nitrogen functional groups attached to an aromatic ring is 1. The van der Waals surface area contributed by atoms with Crippen molar-refractivity contribution in [3.8, 4) is 0 Å². The van der Waals surface area contributed by atoms with E-state index in [0.717, 1.165) is 33.7 Å². The summed E-state index contributed by atoms with van der Waals surface area (Å²) in [6, 6.07) is 13.7. The molecule has 2 aromatic carbocycles. The van der Waals surface area contributed by atoms with Crippen molar-refractivity contribution in [1.29, 1.82) is 0 Å². The maximum Gasteiger partial charge on any atom is 0.106 e. The van der Waals surface area contributed by atoms with Gasteiger partial charge in [0.15, 0.2) is 0 Å². The van der Waals surface area contributed by atoms with Gasteiger partial charge in [0.05, 0.1) is 17.1 Å². The average Bonchev–Trinajstić information content (AvgIpc) is 2.74. The van der Waals surface area contributed by atoms with E-state index < -0.39 is 0 Å². The molecule has 0 fully saturated rings. The second kappa shape index (κ2) is 4.65. The Balaban J connectivity index is 2.03. The monoisotopic (exact) mass is 266 g/mol. The normalized spacial score (nSPS) is 12.8. The summed E-state index contributed by atoms with van der Waals surface area (Å²) in [5.74, 6) is 0.998. The molecule has 0 amide bonds. The lowest BCUT2D eigenvalue weighted by Crippen LogP contribution is -2.11. The zero-order valence-corrected chi connectivity index (χ0v) is 11.7. The van der Waals surface area contributed by atoms with Gasteiger partial charge in [-0.05, 0) is 42.3 Å². The van der Waals surface area contributed by atoms with Gasteiger partial charge >= 0.3 is 0 Å². The van der Waals surface area contributed by atoms with Crippen molar-refractivity contribution in [2.75, 3.05) is 5.73 Å². The Labute approximate surface area is 118 Å². The van der Waals surface area contributed by atoms with E-state index in [2.05, 4.69) is 27.8 Å². The number of anilines is 1. The van der Waals surface area contributed by atoms with Gasteiger partial charge in [-0.25, -0.2) is 4.98 Å². The van der Waals surface area contributed by atoms with Crippen molar-refractivity contribution >= 4 is 16.7 Å². The number of nitrogens with two attached hydrogens (primary N) is 2. The van der Waals surface area contributed by atoms with E-state index in [9.17, 15) is 0 Å². The second-order valence-corrected chi connectivity index (χ2v) is 5.11. The predicted octanol–water partition coefficient (Wildman–Crippen LogP) is 2.51. The van der Waals surface area contributed by atoms with Gasteiger partial charge in [0.2, 0.25) is 0 Å². The molecule has 0 aliphatic carbocycles. The largest absolute Gasteiger partial charge is 0.399 e. The van der Waals surface area contributed by atoms with Crippen LogP contribution in [0.15, 0.2) is 42.5 Å². The number of hydrogen-bond acceptors (Lipinski definition) is 3. The van der Waals surface area contributed by atoms with Gasteiger partial charge in [-0.15, -0.1) is 0 Å². The van der Waals surface area contributed by atoms with Gasteiger partial charge in [-0.2, -0.15) is 0 Å². The van der Waals surface area contributed by atoms with Crippen LogP contribution in [0.1, 0.15) is 23.0 Å². The molecule has 4 nitrogen and oxygen atoms in total. The molecule has 0 saturated carbocycles. The molecular formula is C16H18N4. The molecule has 0 aliphatic rings. The number of benzene rings is 2. The number of aromatic nitrogens is 2. The number of rotatable bonds is 2. The van der Waals surface area contributed by atoms with Crippen LogP contribution in [0.4, 0.5) is 5.69 Å². The molecule has 4 heteroatoms. The zero-order valence-electron chi connectivity index (χ0n) is 11.7. The minimum Gasteiger partial charge on any atom is -0.399 e. The molecule has 0 bridgehead atoms. The van der Waals surface area contributed by atoms with E-state index in [-0.39, 0.29) is 6.04 Å². The Hall–Kier alpha value is -2.33. The Morgan fingerprint density at radius 2 is 1.70 bits per heavy atom. The van der Waals surface area contributed by atoms with E-state index in [4.69, 9.17) is 11.5 Å². The van der Waals surface area contributed by atoms with Crippen LogP contribution in [0, 0.1) is 6.92 Å². The van der Waals surface area contributed by atoms with Crippen molar-refractivity contribution in [2.45, 2.75) is 13.0 Å². The molecule has 1 heterocycles. The van der Waals surface area contributed by atoms with Gasteiger partial charge in [0, 0.05) is 12.7 Å². The van der Waals surface area contributed by atoms with Gasteiger partial charge in [0.1, 0.15) is 5.82 Å². The Morgan fingerprint density at radius 3 is 2.40 bits per heavy atom. The average molecular weight is 266 g/mol. The van der Waals surface area contributed by atoms with E-state index in [1.54, 1.807) is 0 Å². The third-order valence-corrected chi connectivity index (χ3v) is 3.78. The number of hydrogen-bond donors (Lipinski definition) is 2. The quantitative estimate of drug-likeness (QED) is 0.700. The second-order valence-electron chi connectivity index (χ2n) is 5.11. The van der Waals surface area contributed by atoms with Crippen LogP contribution in [-0.2, 0) is 7.05 Å². The van der Waals surface area contributed by atoms with Crippen molar-refractivity contribution in [1.82, 2.24) is 9.55 Å². The molecule has 0 saturated heterocycles. The van der Waals surface area contributed by atoms with E-state index in [1.165, 1.54) is 0 Å². The third-order valence-electron chi connectivity index (χ3n) is 3.78. The van der Waals surface area contributed by atoms with Gasteiger partial charge in [0.25, 0.3) is 0 Å². The molecule has 0 spiro atoms. The third kappa shape index (κ3) is 2.04. The minimum atomic E-state index is -0.165. The SMILES string of the molecule is Cc1nc2cc(C(N)c3ccc(N)cc3)ccc2n1C. The van der Waals surface area contributed by atoms with Crippen LogP contribution in [-0.4, -0.2) is 9.55 Å². The Kier molecular flexibility index (Phi) is 2.95. The summed E-state index contributed by atoms with van der Waals surface area (Å²) in [4.78, 5) is 4.55. The van der Waals surface area contributed by atoms with E-state index in [1.807, 2.05) is 38.2 Å². The van der Waals surface area contributed by atoms with Crippen molar-refractivity contribution in [3.63, 3.8) is 0 Å². The highest BCUT2D eigenvalue weighted by molar-refractivity contribution is 5.77. The highest BCUT2D eigenvalue weighted by Gasteiger charge is 2.11. The maximum absolute atomic E-state index is 6.33. The molecule has 0 radical (unpaired) electrons. The molecule has 1 atom stereocenters. The highest BCUT2D eigenvalue weighted by Crippen LogP contribution is 2.24. The summed E-state index contributed by atoms with van der Waals surface area (Å²) in [7, 11) is 2.02. The van der Waals surface area contributed by atoms with Crippen molar-refractivity contribution in [3.05, 3.63) is 59.4 Å². The summed E-state index contributed by atoms with van der Waals surface area (Å²) >= 11 is 0. The van der Waals surface area contributed by atoms with Gasteiger partial charge < -0.3 is 16.0 Å². The lowest BCUT2D eigenvalue weighted by Gasteiger charge is -2.13. The number of aryl methyl sites for hydroxylation is 2. The fraction of sp³-hybridized carbons (Fsp3) is 0.188. The fourth-order valence-corrected chi connectivity index (χ4v) is 2.43. The van der Waals surface area contributed by atoms with Crippen LogP contribution in [0.5, 0.6) is 0 Å². The number of imidazole rings is 1.